The fourth-order valence-corrected chi connectivity index (χ4v) is 3.43. The Morgan fingerprint density at radius 1 is 1.24 bits per heavy atom. The molecule has 0 aliphatic heterocycles. The van der Waals surface area contributed by atoms with E-state index < -0.39 is 29.7 Å². The maximum Gasteiger partial charge on any atom is 0.348 e. The van der Waals surface area contributed by atoms with Gasteiger partial charge in [-0.2, -0.15) is 4.98 Å². The van der Waals surface area contributed by atoms with Crippen molar-refractivity contribution in [2.75, 3.05) is 6.61 Å². The molecule has 0 amide bonds. The van der Waals surface area contributed by atoms with Gasteiger partial charge in [-0.05, 0) is 42.2 Å². The molecule has 2 N–H and O–H groups in total. The average Bonchev–Trinajstić information content (AvgIpc) is 2.75. The van der Waals surface area contributed by atoms with Crippen molar-refractivity contribution < 1.29 is 24.1 Å². The van der Waals surface area contributed by atoms with Crippen LogP contribution in [-0.2, 0) is 16.6 Å². The van der Waals surface area contributed by atoms with E-state index in [0.717, 1.165) is 12.8 Å². The first-order valence-corrected chi connectivity index (χ1v) is 11.2. The summed E-state index contributed by atoms with van der Waals surface area (Å²) in [6.45, 7) is 6.10. The van der Waals surface area contributed by atoms with Crippen LogP contribution in [0.5, 0.6) is 0 Å². The second-order valence-corrected chi connectivity index (χ2v) is 8.36. The number of aromatic nitrogens is 2. The number of aliphatic hydroxyl groups is 2. The van der Waals surface area contributed by atoms with Crippen molar-refractivity contribution in [3.05, 3.63) is 57.9 Å². The Morgan fingerprint density at radius 2 is 1.91 bits per heavy atom. The van der Waals surface area contributed by atoms with Gasteiger partial charge in [0.25, 0.3) is 0 Å². The second kappa shape index (κ2) is 12.4. The van der Waals surface area contributed by atoms with Gasteiger partial charge in [-0.25, -0.2) is 9.18 Å². The minimum absolute atomic E-state index is 0.0541. The van der Waals surface area contributed by atoms with E-state index in [1.807, 2.05) is 20.8 Å². The molecule has 0 radical (unpaired) electrons. The summed E-state index contributed by atoms with van der Waals surface area (Å²) < 4.78 is 19.9. The number of hydrogen-bond donors (Lipinski definition) is 2. The highest BCUT2D eigenvalue weighted by Crippen LogP contribution is 2.29. The van der Waals surface area contributed by atoms with E-state index in [4.69, 9.17) is 4.74 Å². The molecule has 0 bridgehead atoms. The van der Waals surface area contributed by atoms with E-state index in [1.165, 1.54) is 22.8 Å². The van der Waals surface area contributed by atoms with Crippen LogP contribution in [0.2, 0.25) is 0 Å². The summed E-state index contributed by atoms with van der Waals surface area (Å²) in [7, 11) is 1.58. The lowest BCUT2D eigenvalue weighted by Crippen LogP contribution is -2.25. The fourth-order valence-electron chi connectivity index (χ4n) is 3.43. The van der Waals surface area contributed by atoms with Crippen LogP contribution in [-0.4, -0.2) is 44.5 Å². The van der Waals surface area contributed by atoms with Gasteiger partial charge in [-0.1, -0.05) is 39.3 Å². The predicted molar refractivity (Wildman–Crippen MR) is 125 cm³/mol. The zero-order valence-electron chi connectivity index (χ0n) is 19.6. The molecule has 7 nitrogen and oxygen atoms in total. The largest absolute Gasteiger partial charge is 0.466 e. The lowest BCUT2D eigenvalue weighted by Gasteiger charge is -2.18. The lowest BCUT2D eigenvalue weighted by molar-refractivity contribution is -0.146. The molecule has 2 aromatic rings. The van der Waals surface area contributed by atoms with Crippen LogP contribution < -0.4 is 5.69 Å². The normalized spacial score (nSPS) is 13.5. The predicted octanol–water partition coefficient (Wildman–Crippen LogP) is 3.57. The molecule has 1 aromatic heterocycles. The first-order valence-electron chi connectivity index (χ1n) is 11.2. The van der Waals surface area contributed by atoms with Gasteiger partial charge in [0.05, 0.1) is 36.6 Å². The number of aliphatic hydroxyl groups excluding tert-OH is 2. The molecule has 1 heterocycles. The highest BCUT2D eigenvalue weighted by Gasteiger charge is 2.19. The summed E-state index contributed by atoms with van der Waals surface area (Å²) in [4.78, 5) is 28.4. The van der Waals surface area contributed by atoms with E-state index in [1.54, 1.807) is 25.3 Å². The standard InChI is InChI=1S/C25H33FN2O5/c1-5-6-13-33-22(31)15-20(30)14-19(29)11-12-21-23(16(2)3)27-25(32)28(4)24(21)17-7-9-18(26)10-8-17/h7-12,16,19-20,29-30H,5-6,13-15H2,1-4H3/b12-11+/t19-,20-/m1/s1. The van der Waals surface area contributed by atoms with Gasteiger partial charge in [0.1, 0.15) is 5.82 Å². The molecule has 0 spiro atoms. The number of unbranched alkanes of at least 4 members (excludes halogenated alkanes) is 1. The van der Waals surface area contributed by atoms with Gasteiger partial charge in [0.15, 0.2) is 0 Å². The number of halogens is 1. The Labute approximate surface area is 193 Å². The fraction of sp³-hybridized carbons (Fsp3) is 0.480. The molecular weight excluding hydrogens is 427 g/mol. The van der Waals surface area contributed by atoms with Gasteiger partial charge in [-0.3, -0.25) is 9.36 Å². The van der Waals surface area contributed by atoms with E-state index in [0.29, 0.717) is 29.1 Å². The van der Waals surface area contributed by atoms with Crippen molar-refractivity contribution in [2.45, 2.75) is 64.6 Å². The van der Waals surface area contributed by atoms with E-state index in [-0.39, 0.29) is 18.8 Å². The third-order valence-electron chi connectivity index (χ3n) is 5.20. The molecule has 0 saturated heterocycles. The SMILES string of the molecule is CCCCOC(=O)C[C@H](O)C[C@H](O)/C=C/c1c(C(C)C)nc(=O)n(C)c1-c1ccc(F)cc1. The highest BCUT2D eigenvalue weighted by atomic mass is 19.1. The molecule has 2 rings (SSSR count). The molecule has 1 aromatic carbocycles. The van der Waals surface area contributed by atoms with Gasteiger partial charge in [-0.15, -0.1) is 0 Å². The Kier molecular flexibility index (Phi) is 9.94. The summed E-state index contributed by atoms with van der Waals surface area (Å²) in [6.07, 6.45) is 2.45. The van der Waals surface area contributed by atoms with Gasteiger partial charge in [0, 0.05) is 19.0 Å². The monoisotopic (exact) mass is 460 g/mol. The zero-order chi connectivity index (χ0) is 24.5. The zero-order valence-corrected chi connectivity index (χ0v) is 19.6. The van der Waals surface area contributed by atoms with Crippen LogP contribution in [0.3, 0.4) is 0 Å². The topological polar surface area (TPSA) is 102 Å². The Morgan fingerprint density at radius 3 is 2.52 bits per heavy atom. The van der Waals surface area contributed by atoms with Crippen molar-refractivity contribution in [3.8, 4) is 11.3 Å². The van der Waals surface area contributed by atoms with E-state index in [2.05, 4.69) is 4.98 Å². The molecule has 8 heteroatoms. The third-order valence-corrected chi connectivity index (χ3v) is 5.20. The van der Waals surface area contributed by atoms with Crippen molar-refractivity contribution in [1.29, 1.82) is 0 Å². The number of benzene rings is 1. The first kappa shape index (κ1) is 26.4. The summed E-state index contributed by atoms with van der Waals surface area (Å²) in [5.74, 6) is -0.981. The Balaban J connectivity index is 2.28. The maximum absolute atomic E-state index is 13.5. The van der Waals surface area contributed by atoms with Crippen LogP contribution in [0.1, 0.15) is 63.6 Å². The molecule has 0 aliphatic rings. The first-order chi connectivity index (χ1) is 15.6. The molecule has 33 heavy (non-hydrogen) atoms. The summed E-state index contributed by atoms with van der Waals surface area (Å²) in [5.41, 5.74) is 1.89. The molecule has 0 fully saturated rings. The van der Waals surface area contributed by atoms with Crippen LogP contribution in [0.4, 0.5) is 4.39 Å². The number of nitrogens with zero attached hydrogens (tertiary/aromatic N) is 2. The summed E-state index contributed by atoms with van der Waals surface area (Å²) in [5, 5.41) is 20.6. The Hall–Kier alpha value is -2.84. The second-order valence-electron chi connectivity index (χ2n) is 8.36. The van der Waals surface area contributed by atoms with Crippen molar-refractivity contribution in [3.63, 3.8) is 0 Å². The molecule has 180 valence electrons. The van der Waals surface area contributed by atoms with Crippen LogP contribution >= 0.6 is 0 Å². The smallest absolute Gasteiger partial charge is 0.348 e. The average molecular weight is 461 g/mol. The number of carbonyl (C=O) groups is 1. The van der Waals surface area contributed by atoms with Crippen LogP contribution in [0.25, 0.3) is 17.3 Å². The van der Waals surface area contributed by atoms with E-state index >= 15 is 0 Å². The molecule has 2 atom stereocenters. The minimum Gasteiger partial charge on any atom is -0.466 e. The number of carbonyl (C=O) groups excluding carboxylic acids is 1. The number of esters is 1. The highest BCUT2D eigenvalue weighted by molar-refractivity contribution is 5.74. The summed E-state index contributed by atoms with van der Waals surface area (Å²) in [6, 6.07) is 5.78. The van der Waals surface area contributed by atoms with Gasteiger partial charge < -0.3 is 14.9 Å². The van der Waals surface area contributed by atoms with Gasteiger partial charge in [0.2, 0.25) is 0 Å². The number of ether oxygens (including phenoxy) is 1. The third kappa shape index (κ3) is 7.61. The van der Waals surface area contributed by atoms with Crippen molar-refractivity contribution >= 4 is 12.0 Å². The van der Waals surface area contributed by atoms with Crippen molar-refractivity contribution in [1.82, 2.24) is 9.55 Å². The Bertz CT molecular complexity index is 1010. The molecular formula is C25H33FN2O5. The van der Waals surface area contributed by atoms with Crippen LogP contribution in [0, 0.1) is 5.82 Å². The van der Waals surface area contributed by atoms with E-state index in [9.17, 15) is 24.2 Å². The van der Waals surface area contributed by atoms with Crippen molar-refractivity contribution in [2.24, 2.45) is 7.05 Å². The quantitative estimate of drug-likeness (QED) is 0.393. The minimum atomic E-state index is -1.06. The molecule has 0 aliphatic carbocycles. The maximum atomic E-state index is 13.5. The van der Waals surface area contributed by atoms with Gasteiger partial charge >= 0.3 is 11.7 Å². The summed E-state index contributed by atoms with van der Waals surface area (Å²) >= 11 is 0. The molecule has 0 unspecified atom stereocenters. The molecule has 0 saturated carbocycles. The number of rotatable bonds is 11. The lowest BCUT2D eigenvalue weighted by atomic mass is 9.97. The van der Waals surface area contributed by atoms with Crippen LogP contribution in [0.15, 0.2) is 35.1 Å². The number of hydrogen-bond acceptors (Lipinski definition) is 6.